The van der Waals surface area contributed by atoms with Gasteiger partial charge in [-0.05, 0) is 28.7 Å². The normalized spacial score (nSPS) is 17.9. The van der Waals surface area contributed by atoms with Crippen molar-refractivity contribution in [1.29, 1.82) is 0 Å². The number of nitrogens with zero attached hydrogens (tertiary/aromatic N) is 1. The number of aromatic nitrogens is 1. The predicted octanol–water partition coefficient (Wildman–Crippen LogP) is 3.92. The highest BCUT2D eigenvalue weighted by Crippen LogP contribution is 2.32. The highest BCUT2D eigenvalue weighted by Gasteiger charge is 2.22. The summed E-state index contributed by atoms with van der Waals surface area (Å²) in [5, 5.41) is 3.32. The van der Waals surface area contributed by atoms with Crippen LogP contribution in [0.3, 0.4) is 0 Å². The van der Waals surface area contributed by atoms with Crippen molar-refractivity contribution in [2.45, 2.75) is 32.3 Å². The first-order valence-electron chi connectivity index (χ1n) is 7.00. The second-order valence-corrected chi connectivity index (χ2v) is 6.21. The number of rotatable bonds is 1. The molecule has 1 aromatic carbocycles. The Morgan fingerprint density at radius 2 is 1.90 bits per heavy atom. The average molecular weight is 268 g/mol. The Balaban J connectivity index is 1.81. The second kappa shape index (κ2) is 4.82. The predicted molar refractivity (Wildman–Crippen MR) is 81.2 cm³/mol. The maximum Gasteiger partial charge on any atom is 0.168 e. The highest BCUT2D eigenvalue weighted by molar-refractivity contribution is 5.52. The lowest BCUT2D eigenvalue weighted by atomic mass is 9.86. The summed E-state index contributed by atoms with van der Waals surface area (Å²) in [4.78, 5) is 4.26. The molecule has 1 unspecified atom stereocenters. The standard InChI is InChI=1S/C17H20N2O/c1-17(2,3)13-8-6-12(7-9-13)15-11-19-16-14(20-15)5-4-10-18-16/h4-10,15H,11H2,1-3H3,(H,18,19). The van der Waals surface area contributed by atoms with Crippen LogP contribution in [0.2, 0.25) is 0 Å². The molecule has 1 atom stereocenters. The number of anilines is 1. The minimum atomic E-state index is 0.0423. The van der Waals surface area contributed by atoms with Gasteiger partial charge < -0.3 is 10.1 Å². The number of ether oxygens (including phenoxy) is 1. The van der Waals surface area contributed by atoms with Crippen molar-refractivity contribution < 1.29 is 4.74 Å². The molecule has 1 N–H and O–H groups in total. The van der Waals surface area contributed by atoms with Crippen LogP contribution in [0.15, 0.2) is 42.6 Å². The number of benzene rings is 1. The maximum absolute atomic E-state index is 6.02. The largest absolute Gasteiger partial charge is 0.480 e. The van der Waals surface area contributed by atoms with Crippen molar-refractivity contribution >= 4 is 5.82 Å². The Hall–Kier alpha value is -2.03. The van der Waals surface area contributed by atoms with Gasteiger partial charge in [0, 0.05) is 6.20 Å². The van der Waals surface area contributed by atoms with Gasteiger partial charge in [0.15, 0.2) is 11.6 Å². The summed E-state index contributed by atoms with van der Waals surface area (Å²) in [6.07, 6.45) is 1.81. The van der Waals surface area contributed by atoms with E-state index in [9.17, 15) is 0 Å². The van der Waals surface area contributed by atoms with E-state index in [1.54, 1.807) is 6.20 Å². The average Bonchev–Trinajstić information content (AvgIpc) is 2.46. The Kier molecular flexibility index (Phi) is 3.13. The van der Waals surface area contributed by atoms with E-state index >= 15 is 0 Å². The molecular formula is C17H20N2O. The summed E-state index contributed by atoms with van der Waals surface area (Å²) < 4.78 is 6.02. The molecule has 20 heavy (non-hydrogen) atoms. The van der Waals surface area contributed by atoms with Crippen LogP contribution < -0.4 is 10.1 Å². The van der Waals surface area contributed by atoms with E-state index in [1.807, 2.05) is 12.1 Å². The third kappa shape index (κ3) is 2.48. The van der Waals surface area contributed by atoms with E-state index in [1.165, 1.54) is 11.1 Å². The molecule has 0 bridgehead atoms. The summed E-state index contributed by atoms with van der Waals surface area (Å²) in [5.74, 6) is 1.65. The molecule has 2 aromatic rings. The van der Waals surface area contributed by atoms with Crippen LogP contribution in [0.5, 0.6) is 5.75 Å². The van der Waals surface area contributed by atoms with Crippen molar-refractivity contribution in [3.8, 4) is 5.75 Å². The fraction of sp³-hybridized carbons (Fsp3) is 0.353. The Bertz CT molecular complexity index is 599. The van der Waals surface area contributed by atoms with E-state index in [0.29, 0.717) is 0 Å². The molecule has 1 aromatic heterocycles. The van der Waals surface area contributed by atoms with E-state index < -0.39 is 0 Å². The highest BCUT2D eigenvalue weighted by atomic mass is 16.5. The molecule has 3 rings (SSSR count). The lowest BCUT2D eigenvalue weighted by Crippen LogP contribution is -2.24. The number of hydrogen-bond acceptors (Lipinski definition) is 3. The molecule has 2 heterocycles. The van der Waals surface area contributed by atoms with Crippen molar-refractivity contribution in [3.05, 3.63) is 53.7 Å². The molecule has 0 amide bonds. The van der Waals surface area contributed by atoms with Gasteiger partial charge in [-0.15, -0.1) is 0 Å². The van der Waals surface area contributed by atoms with Crippen LogP contribution in [0, 0.1) is 0 Å². The molecule has 0 radical (unpaired) electrons. The molecule has 1 aliphatic rings. The van der Waals surface area contributed by atoms with Gasteiger partial charge in [-0.25, -0.2) is 4.98 Å². The van der Waals surface area contributed by atoms with Gasteiger partial charge in [0.05, 0.1) is 6.54 Å². The summed E-state index contributed by atoms with van der Waals surface area (Å²) in [7, 11) is 0. The Morgan fingerprint density at radius 1 is 1.15 bits per heavy atom. The van der Waals surface area contributed by atoms with Gasteiger partial charge >= 0.3 is 0 Å². The van der Waals surface area contributed by atoms with Gasteiger partial charge in [-0.2, -0.15) is 0 Å². The van der Waals surface area contributed by atoms with E-state index in [-0.39, 0.29) is 11.5 Å². The van der Waals surface area contributed by atoms with E-state index in [4.69, 9.17) is 4.74 Å². The molecule has 0 fully saturated rings. The van der Waals surface area contributed by atoms with Gasteiger partial charge in [0.1, 0.15) is 6.10 Å². The van der Waals surface area contributed by atoms with E-state index in [2.05, 4.69) is 55.3 Å². The van der Waals surface area contributed by atoms with Gasteiger partial charge in [-0.1, -0.05) is 45.0 Å². The molecule has 104 valence electrons. The summed E-state index contributed by atoms with van der Waals surface area (Å²) in [6.45, 7) is 7.42. The zero-order valence-corrected chi connectivity index (χ0v) is 12.2. The van der Waals surface area contributed by atoms with Crippen LogP contribution in [0.25, 0.3) is 0 Å². The maximum atomic E-state index is 6.02. The fourth-order valence-electron chi connectivity index (χ4n) is 2.39. The SMILES string of the molecule is CC(C)(C)c1ccc(C2CNc3ncccc3O2)cc1. The van der Waals surface area contributed by atoms with Crippen molar-refractivity contribution in [2.75, 3.05) is 11.9 Å². The second-order valence-electron chi connectivity index (χ2n) is 6.21. The molecule has 0 saturated heterocycles. The van der Waals surface area contributed by atoms with Crippen molar-refractivity contribution in [3.63, 3.8) is 0 Å². The fourth-order valence-corrected chi connectivity index (χ4v) is 2.39. The number of nitrogens with one attached hydrogen (secondary N) is 1. The molecule has 0 aliphatic carbocycles. The van der Waals surface area contributed by atoms with Gasteiger partial charge in [0.25, 0.3) is 0 Å². The third-order valence-corrected chi connectivity index (χ3v) is 3.64. The van der Waals surface area contributed by atoms with Crippen LogP contribution in [-0.2, 0) is 5.41 Å². The van der Waals surface area contributed by atoms with Gasteiger partial charge in [0.2, 0.25) is 0 Å². The van der Waals surface area contributed by atoms with Crippen LogP contribution in [-0.4, -0.2) is 11.5 Å². The molecule has 0 saturated carbocycles. The van der Waals surface area contributed by atoms with Crippen LogP contribution in [0.4, 0.5) is 5.82 Å². The van der Waals surface area contributed by atoms with Crippen molar-refractivity contribution in [1.82, 2.24) is 4.98 Å². The van der Waals surface area contributed by atoms with Gasteiger partial charge in [-0.3, -0.25) is 0 Å². The molecular weight excluding hydrogens is 248 g/mol. The quantitative estimate of drug-likeness (QED) is 0.851. The van der Waals surface area contributed by atoms with Crippen molar-refractivity contribution in [2.24, 2.45) is 0 Å². The summed E-state index contributed by atoms with van der Waals surface area (Å²) in [5.41, 5.74) is 2.72. The number of hydrogen-bond donors (Lipinski definition) is 1. The first-order valence-corrected chi connectivity index (χ1v) is 7.00. The lowest BCUT2D eigenvalue weighted by Gasteiger charge is -2.27. The third-order valence-electron chi connectivity index (χ3n) is 3.64. The first-order chi connectivity index (χ1) is 9.54. The minimum Gasteiger partial charge on any atom is -0.480 e. The Labute approximate surface area is 120 Å². The number of fused-ring (bicyclic) bond motifs is 1. The molecule has 3 nitrogen and oxygen atoms in total. The molecule has 1 aliphatic heterocycles. The summed E-state index contributed by atoms with van der Waals surface area (Å²) in [6, 6.07) is 12.5. The minimum absolute atomic E-state index is 0.0423. The monoisotopic (exact) mass is 268 g/mol. The van der Waals surface area contributed by atoms with Crippen LogP contribution >= 0.6 is 0 Å². The lowest BCUT2D eigenvalue weighted by molar-refractivity contribution is 0.209. The zero-order chi connectivity index (χ0) is 14.2. The molecule has 3 heteroatoms. The number of pyridine rings is 1. The smallest absolute Gasteiger partial charge is 0.168 e. The van der Waals surface area contributed by atoms with E-state index in [0.717, 1.165) is 18.1 Å². The Morgan fingerprint density at radius 3 is 2.60 bits per heavy atom. The first kappa shape index (κ1) is 13.0. The topological polar surface area (TPSA) is 34.2 Å². The van der Waals surface area contributed by atoms with Crippen LogP contribution in [0.1, 0.15) is 38.0 Å². The zero-order valence-electron chi connectivity index (χ0n) is 12.2. The molecule has 0 spiro atoms. The summed E-state index contributed by atoms with van der Waals surface area (Å²) >= 11 is 0.